The fraction of sp³-hybridized carbons (Fsp3) is 0.364. The number of carbonyl (C=O) groups is 1. The summed E-state index contributed by atoms with van der Waals surface area (Å²) in [7, 11) is -2.43. The number of anilines is 1. The molecule has 0 saturated carbocycles. The van der Waals surface area contributed by atoms with Crippen LogP contribution in [0.15, 0.2) is 23.1 Å². The lowest BCUT2D eigenvalue weighted by Crippen LogP contribution is -2.49. The third-order valence-corrected chi connectivity index (χ3v) is 4.92. The number of hydrogen-bond acceptors (Lipinski definition) is 6. The normalized spacial score (nSPS) is 16.3. The van der Waals surface area contributed by atoms with E-state index in [-0.39, 0.29) is 35.9 Å². The molecule has 1 saturated heterocycles. The minimum Gasteiger partial charge on any atom is -0.383 e. The molecule has 1 heterocycles. The van der Waals surface area contributed by atoms with Gasteiger partial charge in [-0.25, -0.2) is 8.42 Å². The molecule has 1 aliphatic rings. The maximum Gasteiger partial charge on any atom is 0.293 e. The molecule has 1 amide bonds. The molecule has 0 atom stereocenters. The van der Waals surface area contributed by atoms with E-state index in [0.717, 1.165) is 10.4 Å². The van der Waals surface area contributed by atoms with Crippen LogP contribution in [0, 0.1) is 10.1 Å². The van der Waals surface area contributed by atoms with Crippen molar-refractivity contribution in [2.45, 2.75) is 4.90 Å². The Labute approximate surface area is 121 Å². The number of nitrogens with one attached hydrogen (secondary N) is 2. The molecule has 0 spiro atoms. The quantitative estimate of drug-likeness (QED) is 0.584. The van der Waals surface area contributed by atoms with Gasteiger partial charge in [-0.3, -0.25) is 14.9 Å². The van der Waals surface area contributed by atoms with Crippen LogP contribution in [0.2, 0.25) is 0 Å². The topological polar surface area (TPSA) is 122 Å². The molecule has 0 bridgehead atoms. The molecule has 1 fully saturated rings. The molecule has 0 aliphatic carbocycles. The van der Waals surface area contributed by atoms with Gasteiger partial charge in [0.25, 0.3) is 5.69 Å². The fourth-order valence-electron chi connectivity index (χ4n) is 2.00. The predicted molar refractivity (Wildman–Crippen MR) is 74.4 cm³/mol. The van der Waals surface area contributed by atoms with Crippen LogP contribution in [0.3, 0.4) is 0 Å². The van der Waals surface area contributed by atoms with Crippen LogP contribution in [0.4, 0.5) is 11.4 Å². The molecule has 0 aromatic heterocycles. The second-order valence-corrected chi connectivity index (χ2v) is 6.31. The highest BCUT2D eigenvalue weighted by molar-refractivity contribution is 7.89. The third-order valence-electron chi connectivity index (χ3n) is 3.08. The number of sulfonamides is 1. The van der Waals surface area contributed by atoms with E-state index in [1.807, 2.05) is 0 Å². The van der Waals surface area contributed by atoms with Gasteiger partial charge in [0.1, 0.15) is 5.69 Å². The average Bonchev–Trinajstić information content (AvgIpc) is 2.46. The monoisotopic (exact) mass is 314 g/mol. The minimum absolute atomic E-state index is 0.135. The number of nitro groups is 1. The Kier molecular flexibility index (Phi) is 4.09. The van der Waals surface area contributed by atoms with E-state index in [1.54, 1.807) is 0 Å². The second-order valence-electron chi connectivity index (χ2n) is 4.37. The maximum atomic E-state index is 12.4. The maximum absolute atomic E-state index is 12.4. The molecular weight excluding hydrogens is 300 g/mol. The summed E-state index contributed by atoms with van der Waals surface area (Å²) in [5.41, 5.74) is -0.115. The van der Waals surface area contributed by atoms with Gasteiger partial charge in [0.2, 0.25) is 15.9 Å². The van der Waals surface area contributed by atoms with Gasteiger partial charge in [0.05, 0.1) is 16.4 Å². The van der Waals surface area contributed by atoms with E-state index in [4.69, 9.17) is 0 Å². The Morgan fingerprint density at radius 3 is 2.71 bits per heavy atom. The van der Waals surface area contributed by atoms with Gasteiger partial charge in [-0.1, -0.05) is 0 Å². The molecule has 1 aromatic carbocycles. The number of carbonyl (C=O) groups excluding carboxylic acids is 1. The summed E-state index contributed by atoms with van der Waals surface area (Å²) in [6, 6.07) is 3.60. The molecular formula is C11H14N4O5S. The molecule has 2 rings (SSSR count). The van der Waals surface area contributed by atoms with E-state index in [1.165, 1.54) is 19.2 Å². The summed E-state index contributed by atoms with van der Waals surface area (Å²) >= 11 is 0. The smallest absolute Gasteiger partial charge is 0.293 e. The van der Waals surface area contributed by atoms with Crippen molar-refractivity contribution in [1.82, 2.24) is 9.62 Å². The van der Waals surface area contributed by atoms with Crippen molar-refractivity contribution in [3.05, 3.63) is 28.3 Å². The first-order valence-corrected chi connectivity index (χ1v) is 7.53. The Morgan fingerprint density at radius 1 is 1.43 bits per heavy atom. The van der Waals surface area contributed by atoms with Gasteiger partial charge in [-0.05, 0) is 12.1 Å². The third kappa shape index (κ3) is 2.95. The summed E-state index contributed by atoms with van der Waals surface area (Å²) < 4.78 is 25.8. The van der Waals surface area contributed by atoms with Gasteiger partial charge < -0.3 is 10.6 Å². The number of amides is 1. The lowest BCUT2D eigenvalue weighted by molar-refractivity contribution is -0.384. The van der Waals surface area contributed by atoms with Crippen molar-refractivity contribution in [3.63, 3.8) is 0 Å². The molecule has 1 aromatic rings. The van der Waals surface area contributed by atoms with Crippen LogP contribution in [0.1, 0.15) is 0 Å². The largest absolute Gasteiger partial charge is 0.383 e. The Balaban J connectivity index is 2.42. The van der Waals surface area contributed by atoms with Crippen LogP contribution in [0.5, 0.6) is 0 Å². The van der Waals surface area contributed by atoms with E-state index in [0.29, 0.717) is 0 Å². The van der Waals surface area contributed by atoms with Crippen molar-refractivity contribution in [2.75, 3.05) is 32.0 Å². The van der Waals surface area contributed by atoms with Crippen LogP contribution >= 0.6 is 0 Å². The van der Waals surface area contributed by atoms with Gasteiger partial charge in [-0.2, -0.15) is 4.31 Å². The van der Waals surface area contributed by atoms with Gasteiger partial charge in [-0.15, -0.1) is 0 Å². The van der Waals surface area contributed by atoms with Crippen LogP contribution in [-0.2, 0) is 14.8 Å². The van der Waals surface area contributed by atoms with Crippen molar-refractivity contribution in [1.29, 1.82) is 0 Å². The standard InChI is InChI=1S/C11H14N4O5S/c1-12-9-3-2-8(6-10(9)15(17)18)21(19,20)14-5-4-13-11(16)7-14/h2-3,6,12H,4-5,7H2,1H3,(H,13,16). The van der Waals surface area contributed by atoms with Crippen molar-refractivity contribution in [3.8, 4) is 0 Å². The molecule has 0 unspecified atom stereocenters. The van der Waals surface area contributed by atoms with Crippen molar-refractivity contribution in [2.24, 2.45) is 0 Å². The number of hydrogen-bond donors (Lipinski definition) is 2. The van der Waals surface area contributed by atoms with Gasteiger partial charge in [0, 0.05) is 26.2 Å². The Morgan fingerprint density at radius 2 is 2.14 bits per heavy atom. The number of piperazine rings is 1. The van der Waals surface area contributed by atoms with E-state index < -0.39 is 20.9 Å². The number of rotatable bonds is 4. The van der Waals surface area contributed by atoms with E-state index in [9.17, 15) is 23.3 Å². The highest BCUT2D eigenvalue weighted by Gasteiger charge is 2.30. The Bertz CT molecular complexity index is 688. The average molecular weight is 314 g/mol. The first-order valence-electron chi connectivity index (χ1n) is 6.09. The zero-order chi connectivity index (χ0) is 15.6. The Hall–Kier alpha value is -2.20. The van der Waals surface area contributed by atoms with Crippen LogP contribution < -0.4 is 10.6 Å². The minimum atomic E-state index is -3.94. The number of nitro benzene ring substituents is 1. The zero-order valence-electron chi connectivity index (χ0n) is 11.2. The SMILES string of the molecule is CNc1ccc(S(=O)(=O)N2CCNC(=O)C2)cc1[N+](=O)[O-]. The number of nitrogens with zero attached hydrogens (tertiary/aromatic N) is 2. The highest BCUT2D eigenvalue weighted by atomic mass is 32.2. The van der Waals surface area contributed by atoms with E-state index >= 15 is 0 Å². The summed E-state index contributed by atoms with van der Waals surface area (Å²) in [5.74, 6) is -0.397. The first-order chi connectivity index (χ1) is 9.86. The van der Waals surface area contributed by atoms with Crippen molar-refractivity contribution < 1.29 is 18.1 Å². The molecule has 114 valence electrons. The molecule has 10 heteroatoms. The molecule has 0 radical (unpaired) electrons. The predicted octanol–water partition coefficient (Wildman–Crippen LogP) is -0.243. The summed E-state index contributed by atoms with van der Waals surface area (Å²) in [6.45, 7) is 0.0638. The van der Waals surface area contributed by atoms with Crippen molar-refractivity contribution >= 4 is 27.3 Å². The second kappa shape index (κ2) is 5.66. The van der Waals surface area contributed by atoms with Crippen LogP contribution in [-0.4, -0.2) is 50.2 Å². The van der Waals surface area contributed by atoms with Gasteiger partial charge in [0.15, 0.2) is 0 Å². The molecule has 1 aliphatic heterocycles. The number of benzene rings is 1. The lowest BCUT2D eigenvalue weighted by atomic mass is 10.3. The van der Waals surface area contributed by atoms with Crippen LogP contribution in [0.25, 0.3) is 0 Å². The van der Waals surface area contributed by atoms with Gasteiger partial charge >= 0.3 is 0 Å². The molecule has 21 heavy (non-hydrogen) atoms. The zero-order valence-corrected chi connectivity index (χ0v) is 12.0. The van der Waals surface area contributed by atoms with E-state index in [2.05, 4.69) is 10.6 Å². The fourth-order valence-corrected chi connectivity index (χ4v) is 3.42. The summed E-state index contributed by atoms with van der Waals surface area (Å²) in [6.07, 6.45) is 0. The molecule has 9 nitrogen and oxygen atoms in total. The first kappa shape index (κ1) is 15.2. The summed E-state index contributed by atoms with van der Waals surface area (Å²) in [5, 5.41) is 16.1. The lowest BCUT2D eigenvalue weighted by Gasteiger charge is -2.25. The highest BCUT2D eigenvalue weighted by Crippen LogP contribution is 2.28. The summed E-state index contributed by atoms with van der Waals surface area (Å²) in [4.78, 5) is 21.4. The molecule has 2 N–H and O–H groups in total.